The van der Waals surface area contributed by atoms with Crippen molar-refractivity contribution in [2.24, 2.45) is 11.8 Å². The summed E-state index contributed by atoms with van der Waals surface area (Å²) in [6, 6.07) is 3.01. The van der Waals surface area contributed by atoms with Crippen molar-refractivity contribution in [3.05, 3.63) is 40.3 Å². The molecule has 0 saturated carbocycles. The van der Waals surface area contributed by atoms with Crippen LogP contribution in [0.25, 0.3) is 0 Å². The number of sulfonamides is 1. The third-order valence-electron chi connectivity index (χ3n) is 6.16. The van der Waals surface area contributed by atoms with Gasteiger partial charge < -0.3 is 15.5 Å². The van der Waals surface area contributed by atoms with Crippen molar-refractivity contribution < 1.29 is 46.2 Å². The van der Waals surface area contributed by atoms with Gasteiger partial charge in [0, 0.05) is 25.0 Å². The predicted octanol–water partition coefficient (Wildman–Crippen LogP) is 2.21. The smallest absolute Gasteiger partial charge is 0.305 e. The van der Waals surface area contributed by atoms with Crippen LogP contribution in [0.2, 0.25) is 0 Å². The second-order valence-electron chi connectivity index (χ2n) is 9.54. The quantitative estimate of drug-likeness (QED) is 0.199. The summed E-state index contributed by atoms with van der Waals surface area (Å²) in [6.45, 7) is 5.16. The summed E-state index contributed by atoms with van der Waals surface area (Å²) in [5, 5.41) is 20.7. The van der Waals surface area contributed by atoms with Gasteiger partial charge in [0.2, 0.25) is 15.9 Å². The standard InChI is InChI=1S/C25H35ClN2O10S2/c1-5-16(3)19(25(34)27-17(13-24(32)33)12-22(26)39(4,35)36)14-21(29)20(10-11-23(30)31)28-40(37,38)18-8-6-15(2)7-9-18/h6-9,12,16-17,19-20,28H,5,10-11,13-14H2,1-4H3,(H,27,34)(H,30,31)(H,32,33)/b22-12+/t16?,17-,19+,20+/m1/s1. The molecule has 0 bridgehead atoms. The predicted molar refractivity (Wildman–Crippen MR) is 148 cm³/mol. The van der Waals surface area contributed by atoms with Gasteiger partial charge in [0.05, 0.1) is 23.4 Å². The molecule has 0 aliphatic carbocycles. The molecule has 0 aliphatic heterocycles. The van der Waals surface area contributed by atoms with Crippen molar-refractivity contribution in [3.8, 4) is 0 Å². The van der Waals surface area contributed by atoms with E-state index in [0.717, 1.165) is 17.9 Å². The fraction of sp³-hybridized carbons (Fsp3) is 0.520. The number of hydrogen-bond acceptors (Lipinski definition) is 8. The van der Waals surface area contributed by atoms with Gasteiger partial charge in [-0.1, -0.05) is 49.6 Å². The Balaban J connectivity index is 3.29. The van der Waals surface area contributed by atoms with Crippen LogP contribution in [0.5, 0.6) is 0 Å². The average Bonchev–Trinajstić information content (AvgIpc) is 2.83. The molecule has 1 rings (SSSR count). The fourth-order valence-electron chi connectivity index (χ4n) is 3.63. The Morgan fingerprint density at radius 2 is 1.57 bits per heavy atom. The minimum atomic E-state index is -4.22. The number of rotatable bonds is 17. The van der Waals surface area contributed by atoms with E-state index in [1.165, 1.54) is 12.1 Å². The Morgan fingerprint density at radius 3 is 2.05 bits per heavy atom. The molecule has 0 radical (unpaired) electrons. The van der Waals surface area contributed by atoms with Gasteiger partial charge >= 0.3 is 11.9 Å². The molecule has 0 aliphatic rings. The maximum absolute atomic E-state index is 13.3. The summed E-state index contributed by atoms with van der Waals surface area (Å²) in [6.07, 6.45) is 0.000617. The number of aliphatic carboxylic acids is 2. The van der Waals surface area contributed by atoms with E-state index in [4.69, 9.17) is 16.7 Å². The first-order valence-corrected chi connectivity index (χ1v) is 16.1. The number of hydrogen-bond donors (Lipinski definition) is 4. The molecule has 0 spiro atoms. The van der Waals surface area contributed by atoms with E-state index in [1.807, 2.05) is 0 Å². The van der Waals surface area contributed by atoms with Crippen LogP contribution in [0, 0.1) is 18.8 Å². The van der Waals surface area contributed by atoms with Gasteiger partial charge in [-0.2, -0.15) is 0 Å². The van der Waals surface area contributed by atoms with Crippen molar-refractivity contribution in [1.29, 1.82) is 0 Å². The van der Waals surface area contributed by atoms with Gasteiger partial charge in [-0.15, -0.1) is 0 Å². The number of sulfone groups is 1. The molecular weight excluding hydrogens is 588 g/mol. The molecule has 1 aromatic rings. The molecular formula is C25H35ClN2O10S2. The minimum absolute atomic E-state index is 0.131. The molecule has 0 aromatic heterocycles. The lowest BCUT2D eigenvalue weighted by Gasteiger charge is -2.26. The van der Waals surface area contributed by atoms with E-state index in [0.29, 0.717) is 6.42 Å². The number of ketones is 1. The Bertz CT molecular complexity index is 1330. The molecule has 1 aromatic carbocycles. The van der Waals surface area contributed by atoms with Crippen molar-refractivity contribution >= 4 is 55.1 Å². The van der Waals surface area contributed by atoms with Crippen LogP contribution in [0.15, 0.2) is 39.6 Å². The number of carbonyl (C=O) groups is 4. The normalized spacial score (nSPS) is 15.5. The summed E-state index contributed by atoms with van der Waals surface area (Å²) in [7, 11) is -8.10. The Labute approximate surface area is 239 Å². The van der Waals surface area contributed by atoms with E-state index in [9.17, 15) is 41.1 Å². The molecule has 12 nitrogen and oxygen atoms in total. The lowest BCUT2D eigenvalue weighted by atomic mass is 9.84. The summed E-state index contributed by atoms with van der Waals surface area (Å²) in [5.41, 5.74) is 0.800. The summed E-state index contributed by atoms with van der Waals surface area (Å²) < 4.78 is 50.8. The first-order valence-electron chi connectivity index (χ1n) is 12.3. The van der Waals surface area contributed by atoms with Crippen LogP contribution in [0.3, 0.4) is 0 Å². The zero-order valence-electron chi connectivity index (χ0n) is 22.6. The highest BCUT2D eigenvalue weighted by molar-refractivity contribution is 7.96. The van der Waals surface area contributed by atoms with Gasteiger partial charge in [0.25, 0.3) is 0 Å². The number of carboxylic acids is 2. The maximum atomic E-state index is 13.3. The van der Waals surface area contributed by atoms with Crippen LogP contribution >= 0.6 is 11.6 Å². The third-order valence-corrected chi connectivity index (χ3v) is 9.46. The van der Waals surface area contributed by atoms with Gasteiger partial charge in [-0.05, 0) is 37.5 Å². The Kier molecular flexibility index (Phi) is 13.4. The van der Waals surface area contributed by atoms with Crippen molar-refractivity contribution in [3.63, 3.8) is 0 Å². The highest BCUT2D eigenvalue weighted by Crippen LogP contribution is 2.23. The zero-order chi connectivity index (χ0) is 30.8. The first-order chi connectivity index (χ1) is 18.4. The summed E-state index contributed by atoms with van der Waals surface area (Å²) in [4.78, 5) is 48.9. The molecule has 40 heavy (non-hydrogen) atoms. The fourth-order valence-corrected chi connectivity index (χ4v) is 5.45. The third kappa shape index (κ3) is 11.7. The second kappa shape index (κ2) is 15.3. The topological polar surface area (TPSA) is 201 Å². The second-order valence-corrected chi connectivity index (χ2v) is 13.9. The lowest BCUT2D eigenvalue weighted by Crippen LogP contribution is -2.45. The largest absolute Gasteiger partial charge is 0.481 e. The van der Waals surface area contributed by atoms with Crippen LogP contribution in [0.1, 0.15) is 51.5 Å². The monoisotopic (exact) mass is 622 g/mol. The van der Waals surface area contributed by atoms with Crippen LogP contribution in [0.4, 0.5) is 0 Å². The van der Waals surface area contributed by atoms with Crippen molar-refractivity contribution in [2.45, 2.75) is 69.9 Å². The lowest BCUT2D eigenvalue weighted by molar-refractivity contribution is -0.139. The van der Waals surface area contributed by atoms with Gasteiger partial charge in [-0.3, -0.25) is 19.2 Å². The minimum Gasteiger partial charge on any atom is -0.481 e. The highest BCUT2D eigenvalue weighted by Gasteiger charge is 2.33. The molecule has 4 N–H and O–H groups in total. The van der Waals surface area contributed by atoms with Crippen molar-refractivity contribution in [1.82, 2.24) is 10.0 Å². The summed E-state index contributed by atoms with van der Waals surface area (Å²) >= 11 is 5.76. The number of carbonyl (C=O) groups excluding carboxylic acids is 2. The van der Waals surface area contributed by atoms with Gasteiger partial charge in [0.15, 0.2) is 15.6 Å². The Hall–Kier alpha value is -2.81. The number of benzene rings is 1. The summed E-state index contributed by atoms with van der Waals surface area (Å²) in [5.74, 6) is -5.64. The molecule has 15 heteroatoms. The molecule has 224 valence electrons. The number of aryl methyl sites for hydroxylation is 1. The highest BCUT2D eigenvalue weighted by atomic mass is 35.5. The van der Waals surface area contributed by atoms with E-state index >= 15 is 0 Å². The van der Waals surface area contributed by atoms with Crippen LogP contribution < -0.4 is 10.0 Å². The molecule has 0 saturated heterocycles. The average molecular weight is 623 g/mol. The zero-order valence-corrected chi connectivity index (χ0v) is 25.0. The van der Waals surface area contributed by atoms with E-state index in [2.05, 4.69) is 10.0 Å². The number of nitrogens with one attached hydrogen (secondary N) is 2. The van der Waals surface area contributed by atoms with Gasteiger partial charge in [0.1, 0.15) is 4.36 Å². The first kappa shape index (κ1) is 35.2. The van der Waals surface area contributed by atoms with Crippen molar-refractivity contribution in [2.75, 3.05) is 6.26 Å². The van der Waals surface area contributed by atoms with Crippen LogP contribution in [-0.4, -0.2) is 69.0 Å². The van der Waals surface area contributed by atoms with E-state index in [1.54, 1.807) is 32.9 Å². The number of halogens is 1. The molecule has 1 unspecified atom stereocenters. The molecule has 4 atom stereocenters. The van der Waals surface area contributed by atoms with E-state index in [-0.39, 0.29) is 11.3 Å². The Morgan fingerprint density at radius 1 is 1.00 bits per heavy atom. The number of carboxylic acid groups (broad SMARTS) is 2. The van der Waals surface area contributed by atoms with E-state index < -0.39 is 91.0 Å². The van der Waals surface area contributed by atoms with Gasteiger partial charge in [-0.25, -0.2) is 21.6 Å². The molecule has 0 fully saturated rings. The number of amides is 1. The molecule has 0 heterocycles. The van der Waals surface area contributed by atoms with Crippen LogP contribution in [-0.2, 0) is 39.0 Å². The SMILES string of the molecule is CCC(C)[C@H](CC(=O)[C@H](CCC(=O)O)NS(=O)(=O)c1ccc(C)cc1)C(=O)N[C@H](/C=C(\Cl)S(C)(=O)=O)CC(=O)O. The molecule has 1 amide bonds. The maximum Gasteiger partial charge on any atom is 0.305 e. The number of Topliss-reactive ketones (excluding diaryl/α,β-unsaturated/α-hetero) is 1.